The summed E-state index contributed by atoms with van der Waals surface area (Å²) in [7, 11) is 3.36. The lowest BCUT2D eigenvalue weighted by Crippen LogP contribution is -2.41. The Balaban J connectivity index is 0.00000338. The van der Waals surface area contributed by atoms with Crippen molar-refractivity contribution >= 4 is 47.2 Å². The maximum Gasteiger partial charge on any atom is 0.263 e. The van der Waals surface area contributed by atoms with Crippen molar-refractivity contribution in [2.75, 3.05) is 27.2 Å². The Morgan fingerprint density at radius 3 is 2.46 bits per heavy atom. The SMILES string of the molecule is CN=C(NCCNC(=O)c1scnc1C)NCc1ccc(OC)cc1.I. The van der Waals surface area contributed by atoms with Gasteiger partial charge in [0.15, 0.2) is 5.96 Å². The number of ether oxygens (including phenoxy) is 1. The van der Waals surface area contributed by atoms with Crippen LogP contribution in [-0.2, 0) is 6.54 Å². The number of hydrogen-bond acceptors (Lipinski definition) is 5. The molecule has 9 heteroatoms. The number of aliphatic imine (C=N–C) groups is 1. The number of aromatic nitrogens is 1. The van der Waals surface area contributed by atoms with E-state index >= 15 is 0 Å². The first kappa shape index (κ1) is 22.2. The number of rotatable bonds is 7. The summed E-state index contributed by atoms with van der Waals surface area (Å²) in [6, 6.07) is 7.84. The molecule has 26 heavy (non-hydrogen) atoms. The van der Waals surface area contributed by atoms with E-state index in [1.807, 2.05) is 31.2 Å². The number of halogens is 1. The Kier molecular flexibility index (Phi) is 9.96. The van der Waals surface area contributed by atoms with Gasteiger partial charge in [0, 0.05) is 26.7 Å². The molecule has 3 N–H and O–H groups in total. The van der Waals surface area contributed by atoms with Gasteiger partial charge in [0.1, 0.15) is 10.6 Å². The second-order valence-corrected chi connectivity index (χ2v) is 6.08. The van der Waals surface area contributed by atoms with Gasteiger partial charge in [0.25, 0.3) is 5.91 Å². The molecule has 2 rings (SSSR count). The van der Waals surface area contributed by atoms with Crippen LogP contribution in [0.3, 0.4) is 0 Å². The maximum absolute atomic E-state index is 12.0. The van der Waals surface area contributed by atoms with E-state index in [1.165, 1.54) is 11.3 Å². The van der Waals surface area contributed by atoms with Crippen LogP contribution in [0.15, 0.2) is 34.8 Å². The molecule has 1 aromatic carbocycles. The lowest BCUT2D eigenvalue weighted by Gasteiger charge is -2.12. The minimum atomic E-state index is -0.0945. The van der Waals surface area contributed by atoms with E-state index in [4.69, 9.17) is 4.74 Å². The average molecular weight is 489 g/mol. The number of guanidine groups is 1. The first-order chi connectivity index (χ1) is 12.1. The first-order valence-electron chi connectivity index (χ1n) is 7.89. The van der Waals surface area contributed by atoms with Gasteiger partial charge in [-0.05, 0) is 24.6 Å². The average Bonchev–Trinajstić information content (AvgIpc) is 3.07. The molecule has 0 aliphatic rings. The normalized spacial score (nSPS) is 10.7. The predicted molar refractivity (Wildman–Crippen MR) is 116 cm³/mol. The molecule has 0 atom stereocenters. The standard InChI is InChI=1S/C17H23N5O2S.HI/c1-12-15(25-11-22-12)16(23)19-8-9-20-17(18-2)21-10-13-4-6-14(24-3)7-5-13;/h4-7,11H,8-10H2,1-3H3,(H,19,23)(H2,18,20,21);1H. The molecule has 2 aromatic rings. The summed E-state index contributed by atoms with van der Waals surface area (Å²) in [4.78, 5) is 20.9. The predicted octanol–water partition coefficient (Wildman–Crippen LogP) is 2.17. The maximum atomic E-state index is 12.0. The zero-order valence-corrected chi connectivity index (χ0v) is 18.2. The molecular formula is C17H24IN5O2S. The molecule has 0 radical (unpaired) electrons. The summed E-state index contributed by atoms with van der Waals surface area (Å²) in [5, 5.41) is 9.25. The summed E-state index contributed by atoms with van der Waals surface area (Å²) >= 11 is 1.35. The summed E-state index contributed by atoms with van der Waals surface area (Å²) < 4.78 is 5.14. The van der Waals surface area contributed by atoms with E-state index in [1.54, 1.807) is 19.7 Å². The van der Waals surface area contributed by atoms with Crippen LogP contribution in [-0.4, -0.2) is 44.1 Å². The van der Waals surface area contributed by atoms with Crippen LogP contribution in [0.5, 0.6) is 5.75 Å². The second-order valence-electron chi connectivity index (χ2n) is 5.22. The molecule has 0 bridgehead atoms. The fourth-order valence-electron chi connectivity index (χ4n) is 2.11. The number of thiazole rings is 1. The molecule has 0 aliphatic heterocycles. The number of carbonyl (C=O) groups excluding carboxylic acids is 1. The van der Waals surface area contributed by atoms with Gasteiger partial charge in [0.05, 0.1) is 18.3 Å². The molecule has 0 aliphatic carbocycles. The molecule has 1 heterocycles. The number of hydrogen-bond donors (Lipinski definition) is 3. The summed E-state index contributed by atoms with van der Waals surface area (Å²) in [6.07, 6.45) is 0. The Bertz CT molecular complexity index is 718. The Morgan fingerprint density at radius 1 is 1.19 bits per heavy atom. The molecule has 142 valence electrons. The van der Waals surface area contributed by atoms with Crippen molar-refractivity contribution in [3.8, 4) is 5.75 Å². The summed E-state index contributed by atoms with van der Waals surface area (Å²) in [5.41, 5.74) is 3.55. The number of benzene rings is 1. The Labute approximate surface area is 174 Å². The van der Waals surface area contributed by atoms with E-state index in [-0.39, 0.29) is 29.9 Å². The van der Waals surface area contributed by atoms with Gasteiger partial charge in [-0.3, -0.25) is 9.79 Å². The lowest BCUT2D eigenvalue weighted by molar-refractivity contribution is 0.0957. The second kappa shape index (κ2) is 11.7. The number of nitrogens with one attached hydrogen (secondary N) is 3. The molecule has 0 spiro atoms. The zero-order chi connectivity index (χ0) is 18.1. The highest BCUT2D eigenvalue weighted by Gasteiger charge is 2.10. The third kappa shape index (κ3) is 6.79. The van der Waals surface area contributed by atoms with Crippen molar-refractivity contribution < 1.29 is 9.53 Å². The van der Waals surface area contributed by atoms with Crippen molar-refractivity contribution in [2.24, 2.45) is 4.99 Å². The van der Waals surface area contributed by atoms with E-state index in [0.29, 0.717) is 30.5 Å². The molecular weight excluding hydrogens is 465 g/mol. The Hall–Kier alpha value is -1.88. The number of nitrogens with zero attached hydrogens (tertiary/aromatic N) is 2. The fraction of sp³-hybridized carbons (Fsp3) is 0.353. The van der Waals surface area contributed by atoms with Crippen molar-refractivity contribution in [1.82, 2.24) is 20.9 Å². The van der Waals surface area contributed by atoms with Crippen molar-refractivity contribution in [1.29, 1.82) is 0 Å². The van der Waals surface area contributed by atoms with E-state index in [2.05, 4.69) is 25.9 Å². The van der Waals surface area contributed by atoms with Crippen LogP contribution in [0.4, 0.5) is 0 Å². The fourth-order valence-corrected chi connectivity index (χ4v) is 2.83. The van der Waals surface area contributed by atoms with Crippen molar-refractivity contribution in [2.45, 2.75) is 13.5 Å². The van der Waals surface area contributed by atoms with Crippen LogP contribution in [0.25, 0.3) is 0 Å². The highest BCUT2D eigenvalue weighted by atomic mass is 127. The number of amides is 1. The Morgan fingerprint density at radius 2 is 1.88 bits per heavy atom. The molecule has 1 amide bonds. The number of aryl methyl sites for hydroxylation is 1. The molecule has 0 saturated heterocycles. The lowest BCUT2D eigenvalue weighted by atomic mass is 10.2. The molecule has 0 fully saturated rings. The van der Waals surface area contributed by atoms with Crippen LogP contribution in [0, 0.1) is 6.92 Å². The third-order valence-corrected chi connectivity index (χ3v) is 4.42. The highest BCUT2D eigenvalue weighted by Crippen LogP contribution is 2.11. The van der Waals surface area contributed by atoms with E-state index in [9.17, 15) is 4.79 Å². The van der Waals surface area contributed by atoms with Gasteiger partial charge in [-0.25, -0.2) is 4.98 Å². The van der Waals surface area contributed by atoms with Gasteiger partial charge in [-0.15, -0.1) is 35.3 Å². The summed E-state index contributed by atoms with van der Waals surface area (Å²) in [6.45, 7) is 3.55. The molecule has 7 nitrogen and oxygen atoms in total. The van der Waals surface area contributed by atoms with Crippen LogP contribution < -0.4 is 20.7 Å². The molecule has 0 saturated carbocycles. The van der Waals surface area contributed by atoms with Crippen LogP contribution in [0.2, 0.25) is 0 Å². The first-order valence-corrected chi connectivity index (χ1v) is 8.77. The highest BCUT2D eigenvalue weighted by molar-refractivity contribution is 14.0. The monoisotopic (exact) mass is 489 g/mol. The topological polar surface area (TPSA) is 87.6 Å². The third-order valence-electron chi connectivity index (χ3n) is 3.50. The minimum Gasteiger partial charge on any atom is -0.497 e. The van der Waals surface area contributed by atoms with E-state index in [0.717, 1.165) is 17.0 Å². The summed E-state index contributed by atoms with van der Waals surface area (Å²) in [5.74, 6) is 1.42. The smallest absolute Gasteiger partial charge is 0.263 e. The largest absolute Gasteiger partial charge is 0.497 e. The van der Waals surface area contributed by atoms with E-state index < -0.39 is 0 Å². The van der Waals surface area contributed by atoms with Gasteiger partial charge in [0.2, 0.25) is 0 Å². The number of carbonyl (C=O) groups is 1. The van der Waals surface area contributed by atoms with Gasteiger partial charge in [-0.2, -0.15) is 0 Å². The molecule has 0 unspecified atom stereocenters. The van der Waals surface area contributed by atoms with Gasteiger partial charge >= 0.3 is 0 Å². The van der Waals surface area contributed by atoms with Gasteiger partial charge in [-0.1, -0.05) is 12.1 Å². The van der Waals surface area contributed by atoms with Crippen molar-refractivity contribution in [3.63, 3.8) is 0 Å². The van der Waals surface area contributed by atoms with Crippen LogP contribution in [0.1, 0.15) is 20.9 Å². The number of methoxy groups -OCH3 is 1. The minimum absolute atomic E-state index is 0. The zero-order valence-electron chi connectivity index (χ0n) is 15.0. The quantitative estimate of drug-likeness (QED) is 0.240. The molecule has 1 aromatic heterocycles. The van der Waals surface area contributed by atoms with Crippen LogP contribution >= 0.6 is 35.3 Å². The van der Waals surface area contributed by atoms with Gasteiger partial charge < -0.3 is 20.7 Å². The van der Waals surface area contributed by atoms with Crippen molar-refractivity contribution in [3.05, 3.63) is 45.9 Å².